The van der Waals surface area contributed by atoms with Crippen molar-refractivity contribution in [3.63, 3.8) is 0 Å². The van der Waals surface area contributed by atoms with Crippen LogP contribution >= 0.6 is 0 Å². The maximum absolute atomic E-state index is 12.5. The lowest BCUT2D eigenvalue weighted by molar-refractivity contribution is 0.0665. The topological polar surface area (TPSA) is 70.4 Å². The number of piperidine rings is 1. The lowest BCUT2D eigenvalue weighted by atomic mass is 9.87. The van der Waals surface area contributed by atoms with E-state index in [1.807, 2.05) is 70.3 Å². The second kappa shape index (κ2) is 8.92. The quantitative estimate of drug-likeness (QED) is 0.700. The fourth-order valence-corrected chi connectivity index (χ4v) is 3.83. The number of rotatable bonds is 5. The Bertz CT molecular complexity index is 902. The third-order valence-electron chi connectivity index (χ3n) is 5.60. The summed E-state index contributed by atoms with van der Waals surface area (Å²) in [5, 5.41) is 13.6. The summed E-state index contributed by atoms with van der Waals surface area (Å²) >= 11 is 0. The maximum atomic E-state index is 12.5. The molecule has 0 spiro atoms. The predicted molar refractivity (Wildman–Crippen MR) is 111 cm³/mol. The summed E-state index contributed by atoms with van der Waals surface area (Å²) < 4.78 is 1.94. The van der Waals surface area contributed by atoms with Crippen molar-refractivity contribution in [2.24, 2.45) is 5.92 Å². The first-order chi connectivity index (χ1) is 14.2. The number of urea groups is 1. The molecule has 1 unspecified atom stereocenters. The normalized spacial score (nSPS) is 15.8. The first-order valence-corrected chi connectivity index (χ1v) is 10.0. The van der Waals surface area contributed by atoms with E-state index >= 15 is 0 Å². The Morgan fingerprint density at radius 3 is 2.48 bits per heavy atom. The van der Waals surface area contributed by atoms with Crippen molar-refractivity contribution >= 4 is 6.03 Å². The highest BCUT2D eigenvalue weighted by Crippen LogP contribution is 2.30. The van der Waals surface area contributed by atoms with Crippen molar-refractivity contribution in [3.05, 3.63) is 84.4 Å². The average Bonchev–Trinajstić information content (AvgIpc) is 3.33. The van der Waals surface area contributed by atoms with Crippen LogP contribution < -0.4 is 5.32 Å². The molecule has 0 bridgehead atoms. The van der Waals surface area contributed by atoms with Gasteiger partial charge in [0.05, 0.1) is 12.4 Å². The Morgan fingerprint density at radius 1 is 1.10 bits per heavy atom. The molecule has 4 rings (SSSR count). The van der Waals surface area contributed by atoms with Gasteiger partial charge >= 0.3 is 6.03 Å². The molecule has 2 amide bonds. The number of hydrogen-bond acceptors (Lipinski definition) is 3. The molecule has 2 N–H and O–H groups in total. The molecule has 150 valence electrons. The van der Waals surface area contributed by atoms with Gasteiger partial charge in [0.1, 0.15) is 0 Å². The number of aliphatic hydroxyl groups is 1. The molecule has 1 aromatic heterocycles. The van der Waals surface area contributed by atoms with Gasteiger partial charge in [-0.05, 0) is 42.0 Å². The molecular formula is C23H26N4O2. The number of carbonyl (C=O) groups excluding carboxylic acids is 1. The molecule has 6 nitrogen and oxygen atoms in total. The zero-order valence-corrected chi connectivity index (χ0v) is 16.3. The lowest BCUT2D eigenvalue weighted by Crippen LogP contribution is -2.44. The number of aliphatic hydroxyl groups excluding tert-OH is 1. The minimum absolute atomic E-state index is 0.0451. The molecule has 1 saturated heterocycles. The molecule has 6 heteroatoms. The van der Waals surface area contributed by atoms with Crippen LogP contribution in [0.3, 0.4) is 0 Å². The third-order valence-corrected chi connectivity index (χ3v) is 5.60. The first kappa shape index (κ1) is 19.2. The summed E-state index contributed by atoms with van der Waals surface area (Å²) in [6, 6.07) is 17.8. The van der Waals surface area contributed by atoms with E-state index in [0.29, 0.717) is 19.6 Å². The Kier molecular flexibility index (Phi) is 5.91. The molecule has 0 saturated carbocycles. The van der Waals surface area contributed by atoms with Gasteiger partial charge in [-0.2, -0.15) is 0 Å². The number of benzene rings is 2. The summed E-state index contributed by atoms with van der Waals surface area (Å²) in [6.45, 7) is 1.83. The van der Waals surface area contributed by atoms with Crippen LogP contribution in [0.1, 0.15) is 30.1 Å². The van der Waals surface area contributed by atoms with Crippen LogP contribution in [0, 0.1) is 5.92 Å². The number of nitrogens with zero attached hydrogens (tertiary/aromatic N) is 3. The van der Waals surface area contributed by atoms with Crippen molar-refractivity contribution in [3.8, 4) is 5.69 Å². The highest BCUT2D eigenvalue weighted by Gasteiger charge is 2.28. The smallest absolute Gasteiger partial charge is 0.317 e. The highest BCUT2D eigenvalue weighted by molar-refractivity contribution is 5.74. The van der Waals surface area contributed by atoms with Crippen LogP contribution in [0.4, 0.5) is 4.79 Å². The summed E-state index contributed by atoms with van der Waals surface area (Å²) in [4.78, 5) is 18.4. The van der Waals surface area contributed by atoms with Crippen LogP contribution in [0.5, 0.6) is 0 Å². The molecule has 0 radical (unpaired) electrons. The van der Waals surface area contributed by atoms with Gasteiger partial charge in [-0.25, -0.2) is 9.78 Å². The van der Waals surface area contributed by atoms with E-state index in [4.69, 9.17) is 0 Å². The number of amides is 2. The zero-order valence-electron chi connectivity index (χ0n) is 16.3. The fraction of sp³-hybridized carbons (Fsp3) is 0.304. The molecule has 1 atom stereocenters. The van der Waals surface area contributed by atoms with E-state index in [-0.39, 0.29) is 11.9 Å². The van der Waals surface area contributed by atoms with Crippen molar-refractivity contribution in [2.45, 2.75) is 25.5 Å². The summed E-state index contributed by atoms with van der Waals surface area (Å²) in [6.07, 6.45) is 6.56. The molecule has 29 heavy (non-hydrogen) atoms. The van der Waals surface area contributed by atoms with Gasteiger partial charge in [0.15, 0.2) is 0 Å². The Labute approximate surface area is 170 Å². The van der Waals surface area contributed by atoms with E-state index in [9.17, 15) is 9.90 Å². The fourth-order valence-electron chi connectivity index (χ4n) is 3.83. The maximum Gasteiger partial charge on any atom is 0.317 e. The van der Waals surface area contributed by atoms with E-state index in [1.165, 1.54) is 0 Å². The minimum atomic E-state index is -0.463. The molecule has 1 aliphatic rings. The second-order valence-corrected chi connectivity index (χ2v) is 7.48. The summed E-state index contributed by atoms with van der Waals surface area (Å²) in [5.41, 5.74) is 3.04. The van der Waals surface area contributed by atoms with E-state index in [0.717, 1.165) is 29.7 Å². The Morgan fingerprint density at radius 2 is 1.83 bits per heavy atom. The van der Waals surface area contributed by atoms with Crippen molar-refractivity contribution < 1.29 is 9.90 Å². The first-order valence-electron chi connectivity index (χ1n) is 10.0. The molecule has 3 aromatic rings. The predicted octanol–water partition coefficient (Wildman–Crippen LogP) is 3.53. The van der Waals surface area contributed by atoms with Gasteiger partial charge in [-0.1, -0.05) is 42.5 Å². The van der Waals surface area contributed by atoms with Crippen molar-refractivity contribution in [1.82, 2.24) is 19.8 Å². The van der Waals surface area contributed by atoms with Crippen LogP contribution in [0.15, 0.2) is 73.3 Å². The molecule has 0 aliphatic carbocycles. The van der Waals surface area contributed by atoms with E-state index in [1.54, 1.807) is 12.5 Å². The number of likely N-dealkylation sites (tertiary alicyclic amines) is 1. The van der Waals surface area contributed by atoms with E-state index < -0.39 is 6.10 Å². The van der Waals surface area contributed by atoms with Crippen LogP contribution in [-0.2, 0) is 6.54 Å². The summed E-state index contributed by atoms with van der Waals surface area (Å²) in [5.74, 6) is 0.192. The van der Waals surface area contributed by atoms with Crippen LogP contribution in [-0.4, -0.2) is 38.7 Å². The summed E-state index contributed by atoms with van der Waals surface area (Å²) in [7, 11) is 0. The minimum Gasteiger partial charge on any atom is -0.388 e. The molecule has 1 aliphatic heterocycles. The largest absolute Gasteiger partial charge is 0.388 e. The van der Waals surface area contributed by atoms with Gasteiger partial charge in [0.2, 0.25) is 0 Å². The Balaban J connectivity index is 1.25. The van der Waals surface area contributed by atoms with E-state index in [2.05, 4.69) is 10.3 Å². The zero-order chi connectivity index (χ0) is 20.1. The number of aromatic nitrogens is 2. The van der Waals surface area contributed by atoms with Crippen molar-refractivity contribution in [1.29, 1.82) is 0 Å². The Hall–Kier alpha value is -3.12. The van der Waals surface area contributed by atoms with Gasteiger partial charge in [-0.3, -0.25) is 0 Å². The number of nitrogens with one attached hydrogen (secondary N) is 1. The standard InChI is InChI=1S/C23H26N4O2/c28-22(19-4-2-1-3-5-19)20-10-13-26(14-11-20)23(29)25-16-18-6-8-21(9-7-18)27-15-12-24-17-27/h1-9,12,15,17,20,22,28H,10-11,13-14,16H2,(H,25,29). The van der Waals surface area contributed by atoms with Crippen LogP contribution in [0.25, 0.3) is 5.69 Å². The SMILES string of the molecule is O=C(NCc1ccc(-n2ccnc2)cc1)N1CCC(C(O)c2ccccc2)CC1. The molecule has 2 aromatic carbocycles. The highest BCUT2D eigenvalue weighted by atomic mass is 16.3. The number of hydrogen-bond donors (Lipinski definition) is 2. The van der Waals surface area contributed by atoms with Gasteiger partial charge < -0.3 is 19.9 Å². The third kappa shape index (κ3) is 4.66. The molecule has 1 fully saturated rings. The second-order valence-electron chi connectivity index (χ2n) is 7.48. The lowest BCUT2D eigenvalue weighted by Gasteiger charge is -2.34. The van der Waals surface area contributed by atoms with Gasteiger partial charge in [-0.15, -0.1) is 0 Å². The number of imidazole rings is 1. The van der Waals surface area contributed by atoms with Crippen LogP contribution in [0.2, 0.25) is 0 Å². The van der Waals surface area contributed by atoms with Gasteiger partial charge in [0, 0.05) is 37.7 Å². The van der Waals surface area contributed by atoms with Gasteiger partial charge in [0.25, 0.3) is 0 Å². The molecule has 2 heterocycles. The molecular weight excluding hydrogens is 364 g/mol. The number of carbonyl (C=O) groups is 1. The van der Waals surface area contributed by atoms with Crippen molar-refractivity contribution in [2.75, 3.05) is 13.1 Å². The average molecular weight is 390 g/mol. The monoisotopic (exact) mass is 390 g/mol.